The molecule has 0 aliphatic carbocycles. The molecule has 3 heterocycles. The summed E-state index contributed by atoms with van der Waals surface area (Å²) >= 11 is 6.42. The highest BCUT2D eigenvalue weighted by Gasteiger charge is 2.19. The first-order chi connectivity index (χ1) is 16.6. The monoisotopic (exact) mass is 473 g/mol. The standard InChI is InChI=1S/C27H28ClN5O/c1-3-19-6-9-21(10-7-19)30-27-22-11-8-20(26-23(28)5-4-12-29-26)15-24(22)31-25(32-27)17-33-13-14-34-18(2)16-33/h4-12,15,18H,3,13-14,16-17H2,1-2H3,(H,30,31,32)/t18-/m0/s1. The number of aromatic nitrogens is 3. The second-order valence-electron chi connectivity index (χ2n) is 8.65. The summed E-state index contributed by atoms with van der Waals surface area (Å²) in [6.07, 6.45) is 2.97. The molecule has 1 atom stereocenters. The molecule has 0 unspecified atom stereocenters. The summed E-state index contributed by atoms with van der Waals surface area (Å²) in [5.74, 6) is 1.57. The Bertz CT molecular complexity index is 1290. The molecule has 4 aromatic rings. The van der Waals surface area contributed by atoms with Crippen LogP contribution in [-0.4, -0.2) is 45.7 Å². The van der Waals surface area contributed by atoms with Crippen molar-refractivity contribution in [3.8, 4) is 11.3 Å². The summed E-state index contributed by atoms with van der Waals surface area (Å²) in [7, 11) is 0. The minimum absolute atomic E-state index is 0.210. The van der Waals surface area contributed by atoms with E-state index < -0.39 is 0 Å². The first kappa shape index (κ1) is 22.7. The van der Waals surface area contributed by atoms with Crippen molar-refractivity contribution in [3.63, 3.8) is 0 Å². The van der Waals surface area contributed by atoms with Gasteiger partial charge in [-0.1, -0.05) is 36.7 Å². The smallest absolute Gasteiger partial charge is 0.145 e. The van der Waals surface area contributed by atoms with E-state index in [1.54, 1.807) is 6.20 Å². The molecule has 0 bridgehead atoms. The SMILES string of the molecule is CCc1ccc(Nc2nc(CN3CCO[C@@H](C)C3)nc3cc(-c4ncccc4Cl)ccc23)cc1. The number of pyridine rings is 1. The molecule has 1 saturated heterocycles. The van der Waals surface area contributed by atoms with Gasteiger partial charge < -0.3 is 10.1 Å². The van der Waals surface area contributed by atoms with E-state index in [9.17, 15) is 0 Å². The number of hydrogen-bond acceptors (Lipinski definition) is 6. The Morgan fingerprint density at radius 2 is 1.97 bits per heavy atom. The van der Waals surface area contributed by atoms with E-state index in [1.807, 2.05) is 30.3 Å². The van der Waals surface area contributed by atoms with E-state index >= 15 is 0 Å². The Kier molecular flexibility index (Phi) is 6.72. The van der Waals surface area contributed by atoms with Crippen molar-refractivity contribution in [3.05, 3.63) is 77.2 Å². The van der Waals surface area contributed by atoms with Crippen molar-refractivity contribution >= 4 is 34.0 Å². The van der Waals surface area contributed by atoms with Crippen LogP contribution in [0, 0.1) is 0 Å². The molecule has 0 amide bonds. The molecular formula is C27H28ClN5O. The molecule has 0 spiro atoms. The average molecular weight is 474 g/mol. The Balaban J connectivity index is 1.55. The van der Waals surface area contributed by atoms with Gasteiger partial charge in [0.1, 0.15) is 11.6 Å². The number of anilines is 2. The zero-order valence-electron chi connectivity index (χ0n) is 19.5. The van der Waals surface area contributed by atoms with Crippen LogP contribution in [0.1, 0.15) is 25.2 Å². The lowest BCUT2D eigenvalue weighted by molar-refractivity contribution is -0.0219. The molecule has 1 aliphatic rings. The molecule has 0 saturated carbocycles. The van der Waals surface area contributed by atoms with Crippen LogP contribution < -0.4 is 5.32 Å². The fourth-order valence-corrected chi connectivity index (χ4v) is 4.51. The Hall–Kier alpha value is -3.06. The van der Waals surface area contributed by atoms with Gasteiger partial charge in [-0.15, -0.1) is 0 Å². The number of ether oxygens (including phenoxy) is 1. The molecule has 2 aromatic heterocycles. The third-order valence-electron chi connectivity index (χ3n) is 6.09. The van der Waals surface area contributed by atoms with E-state index in [0.717, 1.165) is 65.6 Å². The maximum absolute atomic E-state index is 6.42. The first-order valence-corrected chi connectivity index (χ1v) is 12.1. The Labute approximate surface area is 205 Å². The van der Waals surface area contributed by atoms with Crippen molar-refractivity contribution in [1.29, 1.82) is 0 Å². The molecule has 5 rings (SSSR count). The second-order valence-corrected chi connectivity index (χ2v) is 9.05. The van der Waals surface area contributed by atoms with Crippen molar-refractivity contribution in [2.75, 3.05) is 25.0 Å². The van der Waals surface area contributed by atoms with E-state index in [-0.39, 0.29) is 6.10 Å². The summed E-state index contributed by atoms with van der Waals surface area (Å²) < 4.78 is 5.70. The minimum Gasteiger partial charge on any atom is -0.376 e. The zero-order chi connectivity index (χ0) is 23.5. The van der Waals surface area contributed by atoms with Gasteiger partial charge in [0.05, 0.1) is 35.5 Å². The summed E-state index contributed by atoms with van der Waals surface area (Å²) in [5.41, 5.74) is 4.84. The lowest BCUT2D eigenvalue weighted by Gasteiger charge is -2.30. The number of nitrogens with one attached hydrogen (secondary N) is 1. The van der Waals surface area contributed by atoms with Gasteiger partial charge in [-0.05, 0) is 55.3 Å². The second kappa shape index (κ2) is 10.1. The number of rotatable bonds is 6. The number of morpholine rings is 1. The molecule has 174 valence electrons. The minimum atomic E-state index is 0.210. The summed E-state index contributed by atoms with van der Waals surface area (Å²) in [6.45, 7) is 7.39. The highest BCUT2D eigenvalue weighted by Crippen LogP contribution is 2.31. The van der Waals surface area contributed by atoms with Crippen LogP contribution in [0.25, 0.3) is 22.2 Å². The number of aryl methyl sites for hydroxylation is 1. The number of halogens is 1. The van der Waals surface area contributed by atoms with Gasteiger partial charge in [-0.2, -0.15) is 0 Å². The molecule has 2 aromatic carbocycles. The maximum Gasteiger partial charge on any atom is 0.145 e. The van der Waals surface area contributed by atoms with Crippen LogP contribution in [0.15, 0.2) is 60.8 Å². The number of nitrogens with zero attached hydrogens (tertiary/aromatic N) is 4. The summed E-state index contributed by atoms with van der Waals surface area (Å²) in [4.78, 5) is 16.7. The number of hydrogen-bond donors (Lipinski definition) is 1. The van der Waals surface area contributed by atoms with Crippen LogP contribution in [0.2, 0.25) is 5.02 Å². The van der Waals surface area contributed by atoms with E-state index in [0.29, 0.717) is 11.6 Å². The van der Waals surface area contributed by atoms with Gasteiger partial charge in [0.15, 0.2) is 0 Å². The topological polar surface area (TPSA) is 63.2 Å². The van der Waals surface area contributed by atoms with E-state index in [4.69, 9.17) is 26.3 Å². The molecule has 7 heteroatoms. The predicted molar refractivity (Wildman–Crippen MR) is 138 cm³/mol. The molecule has 1 fully saturated rings. The van der Waals surface area contributed by atoms with E-state index in [2.05, 4.69) is 53.3 Å². The first-order valence-electron chi connectivity index (χ1n) is 11.7. The Morgan fingerprint density at radius 1 is 1.12 bits per heavy atom. The normalized spacial score (nSPS) is 16.6. The van der Waals surface area contributed by atoms with Crippen LogP contribution in [0.5, 0.6) is 0 Å². The molecule has 0 radical (unpaired) electrons. The van der Waals surface area contributed by atoms with Gasteiger partial charge in [0, 0.05) is 35.9 Å². The summed E-state index contributed by atoms with van der Waals surface area (Å²) in [6, 6.07) is 18.3. The summed E-state index contributed by atoms with van der Waals surface area (Å²) in [5, 5.41) is 5.09. The lowest BCUT2D eigenvalue weighted by atomic mass is 10.1. The zero-order valence-corrected chi connectivity index (χ0v) is 20.2. The van der Waals surface area contributed by atoms with Crippen LogP contribution >= 0.6 is 11.6 Å². The molecular weight excluding hydrogens is 446 g/mol. The average Bonchev–Trinajstić information content (AvgIpc) is 2.84. The van der Waals surface area contributed by atoms with Crippen molar-refractivity contribution in [2.24, 2.45) is 0 Å². The molecule has 1 N–H and O–H groups in total. The molecule has 34 heavy (non-hydrogen) atoms. The predicted octanol–water partition coefficient (Wildman–Crippen LogP) is 5.87. The van der Waals surface area contributed by atoms with Crippen molar-refractivity contribution in [1.82, 2.24) is 19.9 Å². The highest BCUT2D eigenvalue weighted by molar-refractivity contribution is 6.33. The van der Waals surface area contributed by atoms with Crippen molar-refractivity contribution in [2.45, 2.75) is 32.9 Å². The quantitative estimate of drug-likeness (QED) is 0.377. The van der Waals surface area contributed by atoms with Gasteiger partial charge in [0.2, 0.25) is 0 Å². The number of fused-ring (bicyclic) bond motifs is 1. The van der Waals surface area contributed by atoms with Gasteiger partial charge >= 0.3 is 0 Å². The van der Waals surface area contributed by atoms with Crippen LogP contribution in [0.3, 0.4) is 0 Å². The Morgan fingerprint density at radius 3 is 2.74 bits per heavy atom. The van der Waals surface area contributed by atoms with Gasteiger partial charge in [-0.3, -0.25) is 9.88 Å². The largest absolute Gasteiger partial charge is 0.376 e. The maximum atomic E-state index is 6.42. The fraction of sp³-hybridized carbons (Fsp3) is 0.296. The third-order valence-corrected chi connectivity index (χ3v) is 6.40. The van der Waals surface area contributed by atoms with Gasteiger partial charge in [0.25, 0.3) is 0 Å². The number of benzene rings is 2. The van der Waals surface area contributed by atoms with Gasteiger partial charge in [-0.25, -0.2) is 9.97 Å². The van der Waals surface area contributed by atoms with E-state index in [1.165, 1.54) is 5.56 Å². The molecule has 1 aliphatic heterocycles. The van der Waals surface area contributed by atoms with Crippen LogP contribution in [0.4, 0.5) is 11.5 Å². The fourth-order valence-electron chi connectivity index (χ4n) is 4.28. The highest BCUT2D eigenvalue weighted by atomic mass is 35.5. The molecule has 6 nitrogen and oxygen atoms in total. The third kappa shape index (κ3) is 5.04. The lowest BCUT2D eigenvalue weighted by Crippen LogP contribution is -2.40. The van der Waals surface area contributed by atoms with Crippen LogP contribution in [-0.2, 0) is 17.7 Å². The van der Waals surface area contributed by atoms with Crippen molar-refractivity contribution < 1.29 is 4.74 Å².